The fourth-order valence-corrected chi connectivity index (χ4v) is 3.97. The number of methoxy groups -OCH3 is 2. The van der Waals surface area contributed by atoms with Gasteiger partial charge in [0.2, 0.25) is 0 Å². The van der Waals surface area contributed by atoms with Crippen molar-refractivity contribution in [1.29, 1.82) is 0 Å². The molecule has 4 nitrogen and oxygen atoms in total. The highest BCUT2D eigenvalue weighted by molar-refractivity contribution is 5.53. The number of hydrogen-bond acceptors (Lipinski definition) is 4. The molecule has 1 unspecified atom stereocenters. The highest BCUT2D eigenvalue weighted by Gasteiger charge is 2.60. The van der Waals surface area contributed by atoms with Gasteiger partial charge in [0.05, 0.1) is 39.1 Å². The predicted molar refractivity (Wildman–Crippen MR) is 68.5 cm³/mol. The lowest BCUT2D eigenvalue weighted by Gasteiger charge is -2.35. The van der Waals surface area contributed by atoms with E-state index in [9.17, 15) is 0 Å². The molecular weight excluding hydrogens is 244 g/mol. The van der Waals surface area contributed by atoms with Gasteiger partial charge in [-0.25, -0.2) is 0 Å². The van der Waals surface area contributed by atoms with Gasteiger partial charge >= 0.3 is 0 Å². The number of fused-ring (bicyclic) bond motifs is 3. The van der Waals surface area contributed by atoms with Crippen LogP contribution in [0.4, 0.5) is 0 Å². The van der Waals surface area contributed by atoms with Crippen molar-refractivity contribution in [3.63, 3.8) is 0 Å². The van der Waals surface area contributed by atoms with Crippen molar-refractivity contribution in [3.05, 3.63) is 23.3 Å². The van der Waals surface area contributed by atoms with E-state index in [1.165, 1.54) is 11.1 Å². The zero-order valence-corrected chi connectivity index (χ0v) is 11.4. The van der Waals surface area contributed by atoms with Crippen LogP contribution in [-0.2, 0) is 15.1 Å². The van der Waals surface area contributed by atoms with Crippen LogP contribution in [0.5, 0.6) is 11.5 Å². The normalized spacial score (nSPS) is 38.2. The maximum Gasteiger partial charge on any atom is 0.161 e. The van der Waals surface area contributed by atoms with E-state index in [0.717, 1.165) is 24.7 Å². The minimum absolute atomic E-state index is 0.149. The van der Waals surface area contributed by atoms with Crippen LogP contribution in [0.15, 0.2) is 12.1 Å². The number of ether oxygens (including phenoxy) is 4. The molecule has 1 aromatic rings. The second kappa shape index (κ2) is 3.64. The van der Waals surface area contributed by atoms with E-state index in [2.05, 4.69) is 19.1 Å². The highest BCUT2D eigenvalue weighted by Crippen LogP contribution is 2.60. The van der Waals surface area contributed by atoms with Crippen molar-refractivity contribution in [2.45, 2.75) is 18.6 Å². The first-order chi connectivity index (χ1) is 9.19. The second-order valence-corrected chi connectivity index (χ2v) is 5.74. The molecule has 1 aromatic carbocycles. The maximum atomic E-state index is 6.12. The fourth-order valence-electron chi connectivity index (χ4n) is 3.97. The van der Waals surface area contributed by atoms with Crippen LogP contribution in [0.25, 0.3) is 0 Å². The van der Waals surface area contributed by atoms with E-state index in [4.69, 9.17) is 18.9 Å². The Bertz CT molecular complexity index is 541. The summed E-state index contributed by atoms with van der Waals surface area (Å²) >= 11 is 0. The zero-order valence-electron chi connectivity index (χ0n) is 11.4. The zero-order chi connectivity index (χ0) is 13.2. The molecule has 0 amide bonds. The SMILES string of the molecule is COc1cc2c(cc1OC)[C@@]1(C)OC[C@@H]3C2OC[C@@H]31. The predicted octanol–water partition coefficient (Wildman–Crippen LogP) is 2.27. The first-order valence-corrected chi connectivity index (χ1v) is 6.71. The number of hydrogen-bond donors (Lipinski definition) is 0. The molecule has 4 atom stereocenters. The van der Waals surface area contributed by atoms with Crippen molar-refractivity contribution < 1.29 is 18.9 Å². The standard InChI is InChI=1S/C15H18O4/c1-15-10-5-13(17-3)12(16-2)4-8(10)14-9(6-19-15)11(15)7-18-14/h4-5,9,11,14H,6-7H2,1-3H3/t9-,11-,14?,15+/m0/s1. The summed E-state index contributed by atoms with van der Waals surface area (Å²) in [5, 5.41) is 0. The third-order valence-corrected chi connectivity index (χ3v) is 5.04. The van der Waals surface area contributed by atoms with Gasteiger partial charge in [-0.15, -0.1) is 0 Å². The summed E-state index contributed by atoms with van der Waals surface area (Å²) in [4.78, 5) is 0. The van der Waals surface area contributed by atoms with E-state index in [1.54, 1.807) is 14.2 Å². The summed E-state index contributed by atoms with van der Waals surface area (Å²) in [6.07, 6.45) is 0.149. The van der Waals surface area contributed by atoms with Crippen molar-refractivity contribution in [2.75, 3.05) is 27.4 Å². The van der Waals surface area contributed by atoms with Gasteiger partial charge in [-0.2, -0.15) is 0 Å². The van der Waals surface area contributed by atoms with Crippen LogP contribution in [0.2, 0.25) is 0 Å². The molecule has 4 heteroatoms. The Kier molecular flexibility index (Phi) is 2.22. The number of benzene rings is 1. The molecule has 102 valence electrons. The average Bonchev–Trinajstić information content (AvgIpc) is 2.93. The molecule has 1 aliphatic carbocycles. The van der Waals surface area contributed by atoms with Gasteiger partial charge in [0.15, 0.2) is 11.5 Å². The second-order valence-electron chi connectivity index (χ2n) is 5.74. The Morgan fingerprint density at radius 3 is 2.63 bits per heavy atom. The molecule has 2 aliphatic heterocycles. The van der Waals surface area contributed by atoms with Crippen molar-refractivity contribution in [3.8, 4) is 11.5 Å². The van der Waals surface area contributed by atoms with Gasteiger partial charge in [0.1, 0.15) is 0 Å². The molecule has 0 N–H and O–H groups in total. The molecule has 0 spiro atoms. The Hall–Kier alpha value is -1.26. The summed E-state index contributed by atoms with van der Waals surface area (Å²) in [6.45, 7) is 3.74. The number of rotatable bonds is 2. The van der Waals surface area contributed by atoms with Crippen LogP contribution in [0.1, 0.15) is 24.2 Å². The van der Waals surface area contributed by atoms with E-state index in [-0.39, 0.29) is 11.7 Å². The molecule has 2 heterocycles. The molecule has 2 fully saturated rings. The minimum atomic E-state index is -0.244. The van der Waals surface area contributed by atoms with Gasteiger partial charge in [0.25, 0.3) is 0 Å². The van der Waals surface area contributed by atoms with Gasteiger partial charge in [-0.1, -0.05) is 0 Å². The van der Waals surface area contributed by atoms with Gasteiger partial charge < -0.3 is 18.9 Å². The molecule has 4 rings (SSSR count). The molecule has 0 aromatic heterocycles. The molecule has 3 aliphatic rings. The summed E-state index contributed by atoms with van der Waals surface area (Å²) in [6, 6.07) is 4.12. The smallest absolute Gasteiger partial charge is 0.161 e. The molecule has 2 saturated heterocycles. The first kappa shape index (κ1) is 11.6. The molecule has 0 saturated carbocycles. The summed E-state index contributed by atoms with van der Waals surface area (Å²) < 4.78 is 23.0. The summed E-state index contributed by atoms with van der Waals surface area (Å²) in [5.74, 6) is 2.47. The molecular formula is C15H18O4. The molecule has 19 heavy (non-hydrogen) atoms. The van der Waals surface area contributed by atoms with E-state index in [1.807, 2.05) is 0 Å². The molecule has 0 radical (unpaired) electrons. The highest BCUT2D eigenvalue weighted by atomic mass is 16.5. The van der Waals surface area contributed by atoms with E-state index < -0.39 is 0 Å². The van der Waals surface area contributed by atoms with Crippen molar-refractivity contribution >= 4 is 0 Å². The Balaban J connectivity index is 1.96. The topological polar surface area (TPSA) is 36.9 Å². The average molecular weight is 262 g/mol. The van der Waals surface area contributed by atoms with Crippen molar-refractivity contribution in [2.24, 2.45) is 11.8 Å². The largest absolute Gasteiger partial charge is 0.493 e. The quantitative estimate of drug-likeness (QED) is 0.819. The van der Waals surface area contributed by atoms with Gasteiger partial charge in [-0.05, 0) is 30.2 Å². The van der Waals surface area contributed by atoms with Crippen LogP contribution in [0.3, 0.4) is 0 Å². The van der Waals surface area contributed by atoms with Gasteiger partial charge in [-0.3, -0.25) is 0 Å². The van der Waals surface area contributed by atoms with Crippen LogP contribution >= 0.6 is 0 Å². The minimum Gasteiger partial charge on any atom is -0.493 e. The summed E-state index contributed by atoms with van der Waals surface area (Å²) in [5.41, 5.74) is 2.16. The Labute approximate surface area is 112 Å². The maximum absolute atomic E-state index is 6.12. The Morgan fingerprint density at radius 2 is 1.89 bits per heavy atom. The molecule has 4 bridgehead atoms. The fraction of sp³-hybridized carbons (Fsp3) is 0.600. The third kappa shape index (κ3) is 1.26. The first-order valence-electron chi connectivity index (χ1n) is 6.71. The lowest BCUT2D eigenvalue weighted by atomic mass is 9.70. The lowest BCUT2D eigenvalue weighted by molar-refractivity contribution is -0.0284. The Morgan fingerprint density at radius 1 is 1.16 bits per heavy atom. The van der Waals surface area contributed by atoms with E-state index in [0.29, 0.717) is 11.8 Å². The third-order valence-electron chi connectivity index (χ3n) is 5.04. The summed E-state index contributed by atoms with van der Waals surface area (Å²) in [7, 11) is 3.33. The van der Waals surface area contributed by atoms with E-state index >= 15 is 0 Å². The lowest BCUT2D eigenvalue weighted by Crippen LogP contribution is -2.35. The van der Waals surface area contributed by atoms with Crippen LogP contribution < -0.4 is 9.47 Å². The monoisotopic (exact) mass is 262 g/mol. The van der Waals surface area contributed by atoms with Crippen molar-refractivity contribution in [1.82, 2.24) is 0 Å². The van der Waals surface area contributed by atoms with Gasteiger partial charge in [0, 0.05) is 11.8 Å². The van der Waals surface area contributed by atoms with Crippen LogP contribution in [0, 0.1) is 11.8 Å². The van der Waals surface area contributed by atoms with Crippen LogP contribution in [-0.4, -0.2) is 27.4 Å².